The number of hydrogen-bond donors (Lipinski definition) is 1. The van der Waals surface area contributed by atoms with Crippen molar-refractivity contribution in [2.45, 2.75) is 13.5 Å². The van der Waals surface area contributed by atoms with Crippen LogP contribution in [0.4, 0.5) is 5.69 Å². The van der Waals surface area contributed by atoms with Gasteiger partial charge < -0.3 is 10.1 Å². The van der Waals surface area contributed by atoms with E-state index in [9.17, 15) is 0 Å². The van der Waals surface area contributed by atoms with Gasteiger partial charge in [0, 0.05) is 21.7 Å². The molecule has 0 spiro atoms. The molecule has 0 aliphatic heterocycles. The molecule has 0 atom stereocenters. The zero-order chi connectivity index (χ0) is 13.7. The van der Waals surface area contributed by atoms with E-state index in [1.54, 1.807) is 0 Å². The number of anilines is 1. The molecule has 0 aliphatic carbocycles. The molecule has 0 saturated carbocycles. The molecule has 0 unspecified atom stereocenters. The van der Waals surface area contributed by atoms with E-state index in [-0.39, 0.29) is 0 Å². The highest BCUT2D eigenvalue weighted by molar-refractivity contribution is 9.10. The molecule has 4 heteroatoms. The van der Waals surface area contributed by atoms with Crippen LogP contribution in [-0.4, -0.2) is 6.61 Å². The largest absolute Gasteiger partial charge is 0.494 e. The van der Waals surface area contributed by atoms with Crippen LogP contribution in [0.15, 0.2) is 46.9 Å². The molecule has 0 aliphatic rings. The number of hydrogen-bond acceptors (Lipinski definition) is 2. The number of rotatable bonds is 5. The third-order valence-electron chi connectivity index (χ3n) is 2.66. The second kappa shape index (κ2) is 6.83. The van der Waals surface area contributed by atoms with E-state index in [1.807, 2.05) is 49.4 Å². The monoisotopic (exact) mass is 339 g/mol. The highest BCUT2D eigenvalue weighted by Gasteiger charge is 2.01. The number of halogens is 2. The van der Waals surface area contributed by atoms with Crippen LogP contribution in [0.3, 0.4) is 0 Å². The zero-order valence-electron chi connectivity index (χ0n) is 10.6. The van der Waals surface area contributed by atoms with E-state index in [2.05, 4.69) is 21.2 Å². The lowest BCUT2D eigenvalue weighted by Gasteiger charge is -2.09. The third-order valence-corrected chi connectivity index (χ3v) is 3.64. The number of ether oxygens (including phenoxy) is 1. The Balaban J connectivity index is 1.98. The summed E-state index contributed by atoms with van der Waals surface area (Å²) < 4.78 is 6.42. The Morgan fingerprint density at radius 2 is 1.89 bits per heavy atom. The average molecular weight is 341 g/mol. The number of benzene rings is 2. The van der Waals surface area contributed by atoms with Crippen LogP contribution in [0.25, 0.3) is 0 Å². The first-order valence-electron chi connectivity index (χ1n) is 6.09. The van der Waals surface area contributed by atoms with Gasteiger partial charge >= 0.3 is 0 Å². The lowest BCUT2D eigenvalue weighted by Crippen LogP contribution is -2.00. The number of nitrogens with one attached hydrogen (secondary N) is 1. The maximum atomic E-state index is 5.92. The van der Waals surface area contributed by atoms with Gasteiger partial charge in [-0.1, -0.05) is 33.6 Å². The average Bonchev–Trinajstić information content (AvgIpc) is 2.40. The summed E-state index contributed by atoms with van der Waals surface area (Å²) in [5, 5.41) is 4.09. The summed E-state index contributed by atoms with van der Waals surface area (Å²) >= 11 is 9.43. The van der Waals surface area contributed by atoms with Gasteiger partial charge in [-0.15, -0.1) is 0 Å². The second-order valence-electron chi connectivity index (χ2n) is 4.05. The Labute approximate surface area is 126 Å². The van der Waals surface area contributed by atoms with Gasteiger partial charge in [0.05, 0.1) is 6.61 Å². The van der Waals surface area contributed by atoms with Crippen molar-refractivity contribution in [2.75, 3.05) is 11.9 Å². The van der Waals surface area contributed by atoms with Crippen LogP contribution in [0, 0.1) is 0 Å². The van der Waals surface area contributed by atoms with Crippen LogP contribution in [-0.2, 0) is 6.54 Å². The van der Waals surface area contributed by atoms with E-state index in [0.29, 0.717) is 6.61 Å². The quantitative estimate of drug-likeness (QED) is 0.816. The Morgan fingerprint density at radius 3 is 2.53 bits per heavy atom. The van der Waals surface area contributed by atoms with Gasteiger partial charge in [0.2, 0.25) is 0 Å². The first-order chi connectivity index (χ1) is 9.19. The SMILES string of the molecule is CCOc1ccc(NCc2ccc(Cl)cc2Br)cc1. The summed E-state index contributed by atoms with van der Waals surface area (Å²) in [6.07, 6.45) is 0. The first-order valence-corrected chi connectivity index (χ1v) is 7.27. The van der Waals surface area contributed by atoms with Gasteiger partial charge in [0.25, 0.3) is 0 Å². The van der Waals surface area contributed by atoms with Crippen molar-refractivity contribution in [2.24, 2.45) is 0 Å². The molecule has 0 bridgehead atoms. The highest BCUT2D eigenvalue weighted by atomic mass is 79.9. The van der Waals surface area contributed by atoms with Crippen LogP contribution in [0.2, 0.25) is 5.02 Å². The fraction of sp³-hybridized carbons (Fsp3) is 0.200. The van der Waals surface area contributed by atoms with Gasteiger partial charge in [-0.25, -0.2) is 0 Å². The predicted octanol–water partition coefficient (Wildman–Crippen LogP) is 5.11. The summed E-state index contributed by atoms with van der Waals surface area (Å²) in [5.74, 6) is 0.890. The van der Waals surface area contributed by atoms with Crippen LogP contribution in [0.1, 0.15) is 12.5 Å². The molecule has 0 saturated heterocycles. The van der Waals surface area contributed by atoms with Crippen molar-refractivity contribution in [1.29, 1.82) is 0 Å². The van der Waals surface area contributed by atoms with Gasteiger partial charge in [-0.05, 0) is 48.9 Å². The Kier molecular flexibility index (Phi) is 5.11. The molecule has 0 fully saturated rings. The zero-order valence-corrected chi connectivity index (χ0v) is 13.0. The molecule has 1 N–H and O–H groups in total. The summed E-state index contributed by atoms with van der Waals surface area (Å²) in [6.45, 7) is 3.40. The molecule has 0 amide bonds. The van der Waals surface area contributed by atoms with E-state index in [1.165, 1.54) is 5.56 Å². The van der Waals surface area contributed by atoms with E-state index < -0.39 is 0 Å². The lowest BCUT2D eigenvalue weighted by molar-refractivity contribution is 0.340. The molecule has 0 radical (unpaired) electrons. The molecule has 0 aromatic heterocycles. The molecule has 2 rings (SSSR count). The summed E-state index contributed by atoms with van der Waals surface area (Å²) in [4.78, 5) is 0. The lowest BCUT2D eigenvalue weighted by atomic mass is 10.2. The fourth-order valence-electron chi connectivity index (χ4n) is 1.70. The molecule has 2 aromatic rings. The molecule has 100 valence electrons. The summed E-state index contributed by atoms with van der Waals surface area (Å²) in [6, 6.07) is 13.7. The minimum atomic E-state index is 0.685. The second-order valence-corrected chi connectivity index (χ2v) is 5.34. The van der Waals surface area contributed by atoms with Crippen molar-refractivity contribution in [3.63, 3.8) is 0 Å². The standard InChI is InChI=1S/C15H15BrClNO/c1-2-19-14-7-5-13(6-8-14)18-10-11-3-4-12(17)9-15(11)16/h3-9,18H,2,10H2,1H3. The normalized spacial score (nSPS) is 10.3. The third kappa shape index (κ3) is 4.15. The van der Waals surface area contributed by atoms with Crippen molar-refractivity contribution >= 4 is 33.2 Å². The molecular formula is C15H15BrClNO. The van der Waals surface area contributed by atoms with Crippen molar-refractivity contribution in [3.05, 3.63) is 57.5 Å². The van der Waals surface area contributed by atoms with Gasteiger partial charge in [-0.3, -0.25) is 0 Å². The van der Waals surface area contributed by atoms with Crippen LogP contribution < -0.4 is 10.1 Å². The summed E-state index contributed by atoms with van der Waals surface area (Å²) in [7, 11) is 0. The Hall–Kier alpha value is -1.19. The topological polar surface area (TPSA) is 21.3 Å². The molecule has 0 heterocycles. The van der Waals surface area contributed by atoms with Gasteiger partial charge in [-0.2, -0.15) is 0 Å². The van der Waals surface area contributed by atoms with E-state index in [4.69, 9.17) is 16.3 Å². The van der Waals surface area contributed by atoms with Crippen LogP contribution in [0.5, 0.6) is 5.75 Å². The molecular weight excluding hydrogens is 326 g/mol. The van der Waals surface area contributed by atoms with E-state index >= 15 is 0 Å². The highest BCUT2D eigenvalue weighted by Crippen LogP contribution is 2.23. The van der Waals surface area contributed by atoms with Crippen molar-refractivity contribution < 1.29 is 4.74 Å². The predicted molar refractivity (Wildman–Crippen MR) is 84.1 cm³/mol. The Bertz CT molecular complexity index is 542. The fourth-order valence-corrected chi connectivity index (χ4v) is 2.52. The smallest absolute Gasteiger partial charge is 0.119 e. The summed E-state index contributed by atoms with van der Waals surface area (Å²) in [5.41, 5.74) is 2.23. The van der Waals surface area contributed by atoms with Gasteiger partial charge in [0.15, 0.2) is 0 Å². The van der Waals surface area contributed by atoms with Gasteiger partial charge in [0.1, 0.15) is 5.75 Å². The minimum absolute atomic E-state index is 0.685. The van der Waals surface area contributed by atoms with Crippen molar-refractivity contribution in [1.82, 2.24) is 0 Å². The minimum Gasteiger partial charge on any atom is -0.494 e. The molecule has 2 nitrogen and oxygen atoms in total. The van der Waals surface area contributed by atoms with Crippen molar-refractivity contribution in [3.8, 4) is 5.75 Å². The maximum absolute atomic E-state index is 5.92. The Morgan fingerprint density at radius 1 is 1.16 bits per heavy atom. The maximum Gasteiger partial charge on any atom is 0.119 e. The molecule has 2 aromatic carbocycles. The van der Waals surface area contributed by atoms with Crippen LogP contribution >= 0.6 is 27.5 Å². The first kappa shape index (κ1) is 14.2. The molecule has 19 heavy (non-hydrogen) atoms. The van der Waals surface area contributed by atoms with E-state index in [0.717, 1.165) is 27.5 Å².